The molecule has 0 rings (SSSR count). The number of ether oxygens (including phenoxy) is 3. The Hall–Kier alpha value is -0.280. The summed E-state index contributed by atoms with van der Waals surface area (Å²) in [5.41, 5.74) is 5.02. The van der Waals surface area contributed by atoms with Gasteiger partial charge in [0.15, 0.2) is 6.29 Å². The van der Waals surface area contributed by atoms with Crippen molar-refractivity contribution in [1.29, 1.82) is 0 Å². The fraction of sp³-hybridized carbons (Fsp3) is 1.00. The maximum Gasteiger partial charge on any atom is 0.178 e. The summed E-state index contributed by atoms with van der Waals surface area (Å²) < 4.78 is 14.6. The fourth-order valence-electron chi connectivity index (χ4n) is 0.743. The molecule has 0 saturated carbocycles. The number of aliphatic hydroxyl groups excluding tert-OH is 3. The molecule has 0 aromatic carbocycles. The van der Waals surface area contributed by atoms with E-state index >= 15 is 0 Å². The molecule has 0 amide bonds. The quantitative estimate of drug-likeness (QED) is 0.242. The molecule has 7 heteroatoms. The summed E-state index contributed by atoms with van der Waals surface area (Å²) in [7, 11) is 0. The van der Waals surface area contributed by atoms with E-state index in [2.05, 4.69) is 0 Å². The summed E-state index contributed by atoms with van der Waals surface area (Å²) in [6.07, 6.45) is -2.03. The Morgan fingerprint density at radius 2 is 1.60 bits per heavy atom. The van der Waals surface area contributed by atoms with E-state index in [0.717, 1.165) is 0 Å². The van der Waals surface area contributed by atoms with Crippen LogP contribution in [0.25, 0.3) is 0 Å². The molecule has 0 spiro atoms. The molecule has 0 aliphatic heterocycles. The van der Waals surface area contributed by atoms with Gasteiger partial charge in [0.05, 0.1) is 39.6 Å². The van der Waals surface area contributed by atoms with E-state index in [4.69, 9.17) is 35.3 Å². The van der Waals surface area contributed by atoms with Crippen molar-refractivity contribution >= 4 is 0 Å². The molecular weight excluding hydrogens is 206 g/mol. The maximum absolute atomic E-state index is 9.07. The first-order chi connectivity index (χ1) is 7.16. The minimum Gasteiger partial charge on any atom is -0.394 e. The van der Waals surface area contributed by atoms with Crippen LogP contribution >= 0.6 is 0 Å². The monoisotopic (exact) mass is 225 g/mol. The second-order valence-corrected chi connectivity index (χ2v) is 2.77. The van der Waals surface area contributed by atoms with Crippen molar-refractivity contribution in [3.8, 4) is 0 Å². The summed E-state index contributed by atoms with van der Waals surface area (Å²) in [4.78, 5) is 0. The maximum atomic E-state index is 9.07. The lowest BCUT2D eigenvalue weighted by Crippen LogP contribution is -2.26. The van der Waals surface area contributed by atoms with Gasteiger partial charge in [0.2, 0.25) is 0 Å². The van der Waals surface area contributed by atoms with E-state index in [-0.39, 0.29) is 39.6 Å². The van der Waals surface area contributed by atoms with E-state index in [1.807, 2.05) is 0 Å². The molecule has 0 aromatic rings. The van der Waals surface area contributed by atoms with Gasteiger partial charge in [-0.15, -0.1) is 0 Å². The molecule has 0 aromatic heterocycles. The van der Waals surface area contributed by atoms with Crippen LogP contribution in [-0.2, 0) is 14.2 Å². The lowest BCUT2D eigenvalue weighted by atomic mass is 10.6. The van der Waals surface area contributed by atoms with Crippen LogP contribution < -0.4 is 5.73 Å². The first-order valence-electron chi connectivity index (χ1n) is 4.66. The predicted molar refractivity (Wildman–Crippen MR) is 50.9 cm³/mol. The van der Waals surface area contributed by atoms with Crippen LogP contribution in [-0.4, -0.2) is 67.5 Å². The van der Waals surface area contributed by atoms with Crippen LogP contribution in [0.4, 0.5) is 0 Å². The standard InChI is InChI=1S/C8H19NO6/c9-7(11)5-13-3-4-14-6-8(12)15-2-1-10/h7-8,10-12H,1-6,9H2. The van der Waals surface area contributed by atoms with Crippen molar-refractivity contribution in [2.45, 2.75) is 12.5 Å². The Morgan fingerprint density at radius 1 is 1.00 bits per heavy atom. The number of aliphatic hydroxyl groups is 3. The normalized spacial score (nSPS) is 15.2. The zero-order valence-corrected chi connectivity index (χ0v) is 8.54. The van der Waals surface area contributed by atoms with Gasteiger partial charge < -0.3 is 35.3 Å². The molecule has 92 valence electrons. The molecule has 7 nitrogen and oxygen atoms in total. The van der Waals surface area contributed by atoms with Gasteiger partial charge in [0.25, 0.3) is 0 Å². The third-order valence-electron chi connectivity index (χ3n) is 1.32. The average molecular weight is 225 g/mol. The molecule has 0 saturated heterocycles. The summed E-state index contributed by atoms with van der Waals surface area (Å²) in [6.45, 7) is 0.531. The van der Waals surface area contributed by atoms with Crippen molar-refractivity contribution in [3.05, 3.63) is 0 Å². The predicted octanol–water partition coefficient (Wildman–Crippen LogP) is -2.38. The lowest BCUT2D eigenvalue weighted by Gasteiger charge is -2.11. The molecule has 0 fully saturated rings. The Bertz CT molecular complexity index is 134. The van der Waals surface area contributed by atoms with E-state index in [1.165, 1.54) is 0 Å². The second kappa shape index (κ2) is 10.2. The van der Waals surface area contributed by atoms with Gasteiger partial charge in [0, 0.05) is 0 Å². The van der Waals surface area contributed by atoms with E-state index in [0.29, 0.717) is 0 Å². The zero-order chi connectivity index (χ0) is 11.5. The topological polar surface area (TPSA) is 114 Å². The molecule has 0 radical (unpaired) electrons. The summed E-state index contributed by atoms with van der Waals surface area (Å²) >= 11 is 0. The largest absolute Gasteiger partial charge is 0.394 e. The van der Waals surface area contributed by atoms with Crippen LogP contribution in [0.5, 0.6) is 0 Å². The van der Waals surface area contributed by atoms with E-state index in [1.54, 1.807) is 0 Å². The molecule has 5 N–H and O–H groups in total. The number of rotatable bonds is 10. The van der Waals surface area contributed by atoms with Crippen LogP contribution in [0.2, 0.25) is 0 Å². The highest BCUT2D eigenvalue weighted by atomic mass is 16.6. The first kappa shape index (κ1) is 14.7. The van der Waals surface area contributed by atoms with Crippen molar-refractivity contribution in [2.24, 2.45) is 5.73 Å². The minimum atomic E-state index is -1.04. The SMILES string of the molecule is NC(O)COCCOCC(O)OCCO. The van der Waals surface area contributed by atoms with Gasteiger partial charge in [-0.05, 0) is 0 Å². The molecule has 15 heavy (non-hydrogen) atoms. The van der Waals surface area contributed by atoms with Gasteiger partial charge >= 0.3 is 0 Å². The van der Waals surface area contributed by atoms with Crippen LogP contribution in [0.15, 0.2) is 0 Å². The Kier molecular flexibility index (Phi) is 10.1. The number of nitrogens with two attached hydrogens (primary N) is 1. The molecule has 0 aliphatic rings. The van der Waals surface area contributed by atoms with Gasteiger partial charge in [-0.2, -0.15) is 0 Å². The molecule has 2 unspecified atom stereocenters. The third-order valence-corrected chi connectivity index (χ3v) is 1.32. The van der Waals surface area contributed by atoms with E-state index in [9.17, 15) is 0 Å². The average Bonchev–Trinajstić information content (AvgIpc) is 2.19. The molecule has 0 heterocycles. The van der Waals surface area contributed by atoms with Crippen LogP contribution in [0.1, 0.15) is 0 Å². The second-order valence-electron chi connectivity index (χ2n) is 2.77. The highest BCUT2D eigenvalue weighted by molar-refractivity contribution is 4.41. The van der Waals surface area contributed by atoms with Crippen molar-refractivity contribution < 1.29 is 29.5 Å². The summed E-state index contributed by atoms with van der Waals surface area (Å²) in [5.74, 6) is 0. The van der Waals surface area contributed by atoms with Crippen LogP contribution in [0, 0.1) is 0 Å². The van der Waals surface area contributed by atoms with Gasteiger partial charge in [-0.1, -0.05) is 0 Å². The summed E-state index contributed by atoms with van der Waals surface area (Å²) in [5, 5.41) is 26.1. The molecular formula is C8H19NO6. The first-order valence-corrected chi connectivity index (χ1v) is 4.66. The lowest BCUT2D eigenvalue weighted by molar-refractivity contribution is -0.146. The number of hydrogen-bond acceptors (Lipinski definition) is 7. The van der Waals surface area contributed by atoms with Gasteiger partial charge in [0.1, 0.15) is 6.23 Å². The zero-order valence-electron chi connectivity index (χ0n) is 8.54. The Balaban J connectivity index is 3.09. The van der Waals surface area contributed by atoms with Crippen molar-refractivity contribution in [3.63, 3.8) is 0 Å². The highest BCUT2D eigenvalue weighted by Gasteiger charge is 2.03. The highest BCUT2D eigenvalue weighted by Crippen LogP contribution is 1.88. The Labute approximate surface area is 88.4 Å². The minimum absolute atomic E-state index is 0.00847. The smallest absolute Gasteiger partial charge is 0.178 e. The molecule has 2 atom stereocenters. The summed E-state index contributed by atoms with van der Waals surface area (Å²) in [6, 6.07) is 0. The molecule has 0 aliphatic carbocycles. The van der Waals surface area contributed by atoms with Crippen molar-refractivity contribution in [2.75, 3.05) is 39.6 Å². The van der Waals surface area contributed by atoms with E-state index < -0.39 is 12.5 Å². The van der Waals surface area contributed by atoms with Crippen molar-refractivity contribution in [1.82, 2.24) is 0 Å². The Morgan fingerprint density at radius 3 is 2.13 bits per heavy atom. The van der Waals surface area contributed by atoms with Gasteiger partial charge in [-0.25, -0.2) is 0 Å². The molecule has 0 bridgehead atoms. The fourth-order valence-corrected chi connectivity index (χ4v) is 0.743. The van der Waals surface area contributed by atoms with Crippen LogP contribution in [0.3, 0.4) is 0 Å². The number of hydrogen-bond donors (Lipinski definition) is 4. The van der Waals surface area contributed by atoms with Gasteiger partial charge in [-0.3, -0.25) is 0 Å². The third kappa shape index (κ3) is 11.6.